The van der Waals surface area contributed by atoms with Gasteiger partial charge in [-0.2, -0.15) is 0 Å². The van der Waals surface area contributed by atoms with Gasteiger partial charge in [0, 0.05) is 70.8 Å². The molecule has 0 saturated heterocycles. The van der Waals surface area contributed by atoms with Gasteiger partial charge in [-0.15, -0.1) is 0 Å². The first-order chi connectivity index (χ1) is 45.1. The second kappa shape index (κ2) is 23.1. The number of aromatic nitrogens is 4. The second-order valence-corrected chi connectivity index (χ2v) is 30.5. The average Bonchev–Trinajstić information content (AvgIpc) is 0.739. The van der Waals surface area contributed by atoms with Crippen LogP contribution in [0.4, 0.5) is 101 Å². The molecule has 0 radical (unpaired) electrons. The minimum absolute atomic E-state index is 0.130. The molecular formula is C64H48F24N4O4P4. The van der Waals surface area contributed by atoms with Gasteiger partial charge in [-0.1, -0.05) is 97.1 Å². The van der Waals surface area contributed by atoms with Crippen LogP contribution >= 0.6 is 31.2 Å². The zero-order chi connectivity index (χ0) is 74.1. The predicted molar refractivity (Wildman–Crippen MR) is 336 cm³/mol. The topological polar surface area (TPSA) is 96.4 Å². The van der Waals surface area contributed by atoms with E-state index >= 15 is 0 Å². The third-order valence-corrected chi connectivity index (χ3v) is 14.5. The van der Waals surface area contributed by atoms with Gasteiger partial charge in [0.05, 0.1) is 22.3 Å². The van der Waals surface area contributed by atoms with Gasteiger partial charge >= 0.3 is 132 Å². The van der Waals surface area contributed by atoms with Crippen LogP contribution in [0.15, 0.2) is 219 Å². The molecule has 0 spiro atoms. The predicted octanol–water partition coefficient (Wildman–Crippen LogP) is 25.0. The number of aromatic hydroxyl groups is 4. The van der Waals surface area contributed by atoms with Crippen LogP contribution in [-0.2, 0) is 26.2 Å². The van der Waals surface area contributed by atoms with Crippen LogP contribution < -0.4 is 18.3 Å². The van der Waals surface area contributed by atoms with Gasteiger partial charge in [-0.25, -0.2) is 18.3 Å². The summed E-state index contributed by atoms with van der Waals surface area (Å²) in [5, 5.41) is 57.0. The van der Waals surface area contributed by atoms with E-state index in [0.717, 1.165) is 87.6 Å². The smallest absolute Gasteiger partial charge is 0.177 e. The Morgan fingerprint density at radius 2 is 0.360 bits per heavy atom. The first-order valence-electron chi connectivity index (χ1n) is 28.3. The Labute approximate surface area is 547 Å². The van der Waals surface area contributed by atoms with Crippen LogP contribution in [0.5, 0.6) is 23.0 Å². The van der Waals surface area contributed by atoms with E-state index < -0.39 is 31.2 Å². The van der Waals surface area contributed by atoms with Gasteiger partial charge in [0.15, 0.2) is 75.8 Å². The van der Waals surface area contributed by atoms with Crippen molar-refractivity contribution in [1.82, 2.24) is 0 Å². The maximum absolute atomic E-state index is 12.4. The Hall–Kier alpha value is -9.36. The molecule has 0 saturated carbocycles. The number of fused-ring (bicyclic) bond motifs is 4. The van der Waals surface area contributed by atoms with Crippen molar-refractivity contribution in [2.24, 2.45) is 0 Å². The van der Waals surface area contributed by atoms with E-state index in [1.165, 1.54) is 0 Å². The van der Waals surface area contributed by atoms with Crippen molar-refractivity contribution in [2.45, 2.75) is 26.2 Å². The third-order valence-electron chi connectivity index (χ3n) is 14.5. The molecule has 16 bridgehead atoms. The molecule has 0 atom stereocenters. The third kappa shape index (κ3) is 23.4. The van der Waals surface area contributed by atoms with E-state index in [4.69, 9.17) is 0 Å². The molecule has 536 valence electrons. The molecule has 4 aromatic heterocycles. The molecular weight excluding hydrogens is 1470 g/mol. The van der Waals surface area contributed by atoms with E-state index in [1.54, 1.807) is 0 Å². The van der Waals surface area contributed by atoms with Gasteiger partial charge in [-0.05, 0) is 89.6 Å². The van der Waals surface area contributed by atoms with E-state index in [9.17, 15) is 121 Å². The van der Waals surface area contributed by atoms with Gasteiger partial charge in [0.2, 0.25) is 0 Å². The number of pyridine rings is 4. The van der Waals surface area contributed by atoms with Crippen molar-refractivity contribution >= 4 is 74.3 Å². The van der Waals surface area contributed by atoms with E-state index in [0.29, 0.717) is 48.4 Å². The fourth-order valence-electron chi connectivity index (χ4n) is 10.9. The molecule has 0 aliphatic carbocycles. The fourth-order valence-corrected chi connectivity index (χ4v) is 10.9. The van der Waals surface area contributed by atoms with Crippen molar-refractivity contribution in [2.75, 3.05) is 0 Å². The Morgan fingerprint density at radius 3 is 0.510 bits per heavy atom. The van der Waals surface area contributed by atoms with E-state index in [1.807, 2.05) is 147 Å². The quantitative estimate of drug-likeness (QED) is 0.0691. The first-order valence-corrected chi connectivity index (χ1v) is 36.4. The van der Waals surface area contributed by atoms with Gasteiger partial charge in [0.25, 0.3) is 0 Å². The maximum atomic E-state index is 12.4. The van der Waals surface area contributed by atoms with Crippen molar-refractivity contribution in [3.8, 4) is 67.5 Å². The average molecular weight is 1520 g/mol. The summed E-state index contributed by atoms with van der Waals surface area (Å²) < 4.78 is 245. The molecule has 0 fully saturated rings. The maximum Gasteiger partial charge on any atom is 0.177 e. The molecule has 36 heteroatoms. The number of benzene rings is 8. The Morgan fingerprint density at radius 1 is 0.220 bits per heavy atom. The Kier molecular flexibility index (Phi) is 17.3. The number of nitrogens with zero attached hydrogens (tertiary/aromatic N) is 4. The summed E-state index contributed by atoms with van der Waals surface area (Å²) in [5.41, 5.74) is 9.45. The van der Waals surface area contributed by atoms with Crippen molar-refractivity contribution in [1.29, 1.82) is 0 Å². The standard InChI is InChI=1S/C64H44N4O4.4F6P/c69-61-49-33-45-9-1-5-13-53(45)57(61)58-54-14-6-2-10-46(54)34-50(62(58)70)38-66-27-19-43(20-28-66)44-23-31-68(32-24-44)40-52-36-48-12-4-8-16-56(48)60(64(52)72)59-55-15-7-3-11-47(55)35-51(63(59)71)39-67-29-21-42(22-30-67)41-17-25-65(37-49)26-18-41;4*1-7(2,3,4,5)6/h1-36H,37-40H2;;;;/q;4*-1/p+4. The summed E-state index contributed by atoms with van der Waals surface area (Å²) in [6.45, 7) is 1.59. The zero-order valence-corrected chi connectivity index (χ0v) is 53.6. The van der Waals surface area contributed by atoms with E-state index in [2.05, 4.69) is 91.1 Å². The molecule has 12 aromatic rings. The summed E-state index contributed by atoms with van der Waals surface area (Å²) in [7, 11) is -42.6. The second-order valence-electron chi connectivity index (χ2n) is 22.8. The van der Waals surface area contributed by atoms with Crippen LogP contribution in [0.3, 0.4) is 0 Å². The van der Waals surface area contributed by atoms with Crippen LogP contribution in [0, 0.1) is 0 Å². The van der Waals surface area contributed by atoms with Gasteiger partial charge in [-0.3, -0.25) is 0 Å². The number of phenolic OH excluding ortho intramolecular Hbond substituents is 4. The molecule has 0 amide bonds. The summed E-state index contributed by atoms with van der Waals surface area (Å²) in [6, 6.07) is 57.0. The summed E-state index contributed by atoms with van der Waals surface area (Å²) in [4.78, 5) is 0. The van der Waals surface area contributed by atoms with Crippen molar-refractivity contribution in [3.63, 3.8) is 0 Å². The summed E-state index contributed by atoms with van der Waals surface area (Å²) in [5.74, 6) is 0.520. The molecule has 19 rings (SSSR count). The van der Waals surface area contributed by atoms with Crippen LogP contribution in [0.2, 0.25) is 0 Å². The number of halogens is 24. The van der Waals surface area contributed by atoms with Gasteiger partial charge in [0.1, 0.15) is 23.0 Å². The van der Waals surface area contributed by atoms with Gasteiger partial charge < -0.3 is 20.4 Å². The Balaban J connectivity index is 0.000000352. The number of hydrogen-bond acceptors (Lipinski definition) is 4. The number of hydrogen-bond donors (Lipinski definition) is 4. The van der Waals surface area contributed by atoms with Crippen LogP contribution in [-0.4, -0.2) is 20.4 Å². The Bertz CT molecular complexity index is 4490. The largest absolute Gasteiger partial charge is 0.507 e. The monoisotopic (exact) mass is 1520 g/mol. The summed E-state index contributed by atoms with van der Waals surface area (Å²) in [6.07, 6.45) is 16.2. The van der Waals surface area contributed by atoms with E-state index in [-0.39, 0.29) is 23.0 Å². The number of rotatable bonds is 0. The number of phenols is 4. The first kappa shape index (κ1) is 74.9. The molecule has 8 aromatic carbocycles. The fraction of sp³-hybridized carbons (Fsp3) is 0.0625. The van der Waals surface area contributed by atoms with Crippen molar-refractivity contribution < 1.29 is 139 Å². The molecule has 4 N–H and O–H groups in total. The van der Waals surface area contributed by atoms with Crippen molar-refractivity contribution in [3.05, 3.63) is 242 Å². The molecule has 7 aliphatic heterocycles. The normalized spacial score (nSPS) is 15.4. The molecule has 0 unspecified atom stereocenters. The zero-order valence-electron chi connectivity index (χ0n) is 50.1. The molecule has 100 heavy (non-hydrogen) atoms. The molecule has 8 nitrogen and oxygen atoms in total. The summed E-state index contributed by atoms with van der Waals surface area (Å²) >= 11 is 0. The molecule has 11 heterocycles. The van der Waals surface area contributed by atoms with Crippen LogP contribution in [0.25, 0.3) is 87.6 Å². The molecule has 7 aliphatic rings. The minimum Gasteiger partial charge on any atom is -0.507 e. The van der Waals surface area contributed by atoms with Crippen LogP contribution in [0.1, 0.15) is 22.3 Å². The minimum atomic E-state index is -10.7. The SMILES string of the molecule is F[P-](F)(F)(F)(F)F.F[P-](F)(F)(F)(F)F.F[P-](F)(F)(F)(F)F.F[P-](F)(F)(F)(F)F.Oc1c2cc3ccccc3c1-c1c(O)c(cc3ccccc13)C[n+]1ccc(cc1)-c1cc[n+](cc1)Cc1cc3ccccc3c(c1O)-c1c(O)c(cc3ccccc13)C[n+]1ccc(cc1)-c1cc[n+](cc1)C2.